The van der Waals surface area contributed by atoms with E-state index in [-0.39, 0.29) is 36.7 Å². The summed E-state index contributed by atoms with van der Waals surface area (Å²) in [6, 6.07) is 5.08. The molecule has 0 spiro atoms. The van der Waals surface area contributed by atoms with Gasteiger partial charge in [-0.3, -0.25) is 4.90 Å². The van der Waals surface area contributed by atoms with Crippen molar-refractivity contribution in [3.63, 3.8) is 0 Å². The van der Waals surface area contributed by atoms with Crippen LogP contribution in [0.5, 0.6) is 5.75 Å². The molecule has 126 valence electrons. The highest BCUT2D eigenvalue weighted by Crippen LogP contribution is 2.30. The smallest absolute Gasteiger partial charge is 0.128 e. The van der Waals surface area contributed by atoms with Crippen molar-refractivity contribution >= 4 is 24.8 Å². The van der Waals surface area contributed by atoms with Crippen molar-refractivity contribution in [3.8, 4) is 5.75 Å². The summed E-state index contributed by atoms with van der Waals surface area (Å²) in [5.74, 6) is 0.554. The molecule has 1 aliphatic heterocycles. The van der Waals surface area contributed by atoms with E-state index >= 15 is 0 Å². The summed E-state index contributed by atoms with van der Waals surface area (Å²) < 4.78 is 19.4. The SMILES string of the molecule is C=CCC[C@@H](c1cc(OC)ccc1F)N1CCNCC1.Cl.Cl. The largest absolute Gasteiger partial charge is 0.497 e. The van der Waals surface area contributed by atoms with E-state index in [4.69, 9.17) is 4.74 Å². The maximum absolute atomic E-state index is 14.2. The standard InChI is InChI=1S/C16H23FN2O.2ClH/c1-3-4-5-16(19-10-8-18-9-11-19)14-12-13(20-2)6-7-15(14)17;;/h3,6-7,12,16,18H,1,4-5,8-11H2,2H3;2*1H/t16-;;/m0../s1. The van der Waals surface area contributed by atoms with E-state index in [1.807, 2.05) is 12.1 Å². The molecule has 1 saturated heterocycles. The van der Waals surface area contributed by atoms with Crippen LogP contribution < -0.4 is 10.1 Å². The van der Waals surface area contributed by atoms with Crippen LogP contribution in [-0.4, -0.2) is 38.2 Å². The topological polar surface area (TPSA) is 24.5 Å². The molecule has 1 atom stereocenters. The van der Waals surface area contributed by atoms with Gasteiger partial charge in [0.2, 0.25) is 0 Å². The number of hydrogen-bond donors (Lipinski definition) is 1. The quantitative estimate of drug-likeness (QED) is 0.793. The van der Waals surface area contributed by atoms with Crippen molar-refractivity contribution in [1.29, 1.82) is 0 Å². The van der Waals surface area contributed by atoms with Crippen LogP contribution in [0.2, 0.25) is 0 Å². The zero-order valence-electron chi connectivity index (χ0n) is 12.9. The van der Waals surface area contributed by atoms with Gasteiger partial charge in [-0.15, -0.1) is 31.4 Å². The van der Waals surface area contributed by atoms with Crippen LogP contribution >= 0.6 is 24.8 Å². The minimum absolute atomic E-state index is 0. The van der Waals surface area contributed by atoms with Crippen LogP contribution in [0.4, 0.5) is 4.39 Å². The molecule has 0 bridgehead atoms. The molecule has 0 saturated carbocycles. The van der Waals surface area contributed by atoms with Gasteiger partial charge in [-0.05, 0) is 31.0 Å². The van der Waals surface area contributed by atoms with E-state index in [1.54, 1.807) is 13.2 Å². The van der Waals surface area contributed by atoms with E-state index < -0.39 is 0 Å². The average Bonchev–Trinajstić information content (AvgIpc) is 2.50. The predicted octanol–water partition coefficient (Wildman–Crippen LogP) is 3.59. The molecule has 0 amide bonds. The van der Waals surface area contributed by atoms with E-state index in [2.05, 4.69) is 16.8 Å². The van der Waals surface area contributed by atoms with Crippen LogP contribution in [-0.2, 0) is 0 Å². The second-order valence-corrected chi connectivity index (χ2v) is 5.06. The van der Waals surface area contributed by atoms with Crippen molar-refractivity contribution in [3.05, 3.63) is 42.2 Å². The summed E-state index contributed by atoms with van der Waals surface area (Å²) in [5.41, 5.74) is 0.730. The lowest BCUT2D eigenvalue weighted by Crippen LogP contribution is -2.45. The number of piperazine rings is 1. The normalized spacial score (nSPS) is 16.1. The molecule has 1 aromatic carbocycles. The summed E-state index contributed by atoms with van der Waals surface area (Å²) >= 11 is 0. The fourth-order valence-corrected chi connectivity index (χ4v) is 2.71. The second-order valence-electron chi connectivity index (χ2n) is 5.06. The first-order valence-corrected chi connectivity index (χ1v) is 7.15. The first kappa shape index (κ1) is 21.2. The Hall–Kier alpha value is -0.810. The summed E-state index contributed by atoms with van der Waals surface area (Å²) in [7, 11) is 1.61. The summed E-state index contributed by atoms with van der Waals surface area (Å²) in [5, 5.41) is 3.33. The first-order chi connectivity index (χ1) is 9.76. The zero-order chi connectivity index (χ0) is 14.4. The molecule has 0 aliphatic carbocycles. The van der Waals surface area contributed by atoms with Crippen LogP contribution in [0, 0.1) is 5.82 Å². The molecule has 1 N–H and O–H groups in total. The maximum atomic E-state index is 14.2. The molecule has 22 heavy (non-hydrogen) atoms. The molecule has 1 fully saturated rings. The number of methoxy groups -OCH3 is 1. The van der Waals surface area contributed by atoms with Gasteiger partial charge >= 0.3 is 0 Å². The fourth-order valence-electron chi connectivity index (χ4n) is 2.71. The van der Waals surface area contributed by atoms with E-state index in [9.17, 15) is 4.39 Å². The lowest BCUT2D eigenvalue weighted by molar-refractivity contribution is 0.163. The number of benzene rings is 1. The summed E-state index contributed by atoms with van der Waals surface area (Å²) in [6.45, 7) is 7.57. The Balaban J connectivity index is 0.00000220. The van der Waals surface area contributed by atoms with Crippen LogP contribution in [0.1, 0.15) is 24.4 Å². The molecule has 1 aliphatic rings. The van der Waals surface area contributed by atoms with Gasteiger partial charge in [0.15, 0.2) is 0 Å². The second kappa shape index (κ2) is 10.8. The van der Waals surface area contributed by atoms with Gasteiger partial charge in [-0.2, -0.15) is 0 Å². The van der Waals surface area contributed by atoms with Gasteiger partial charge in [-0.1, -0.05) is 6.08 Å². The highest BCUT2D eigenvalue weighted by molar-refractivity contribution is 5.85. The molecule has 1 aromatic rings. The van der Waals surface area contributed by atoms with Crippen molar-refractivity contribution < 1.29 is 9.13 Å². The zero-order valence-corrected chi connectivity index (χ0v) is 14.5. The third-order valence-corrected chi connectivity index (χ3v) is 3.80. The Bertz CT molecular complexity index is 454. The number of ether oxygens (including phenoxy) is 1. The maximum Gasteiger partial charge on any atom is 0.128 e. The summed E-state index contributed by atoms with van der Waals surface area (Å²) in [4.78, 5) is 2.35. The van der Waals surface area contributed by atoms with Crippen molar-refractivity contribution in [2.75, 3.05) is 33.3 Å². The Morgan fingerprint density at radius 3 is 2.64 bits per heavy atom. The Morgan fingerprint density at radius 2 is 2.05 bits per heavy atom. The minimum atomic E-state index is -0.154. The van der Waals surface area contributed by atoms with Gasteiger partial charge in [0.1, 0.15) is 11.6 Å². The predicted molar refractivity (Wildman–Crippen MR) is 94.1 cm³/mol. The number of allylic oxidation sites excluding steroid dienone is 1. The van der Waals surface area contributed by atoms with Crippen molar-refractivity contribution in [1.82, 2.24) is 10.2 Å². The van der Waals surface area contributed by atoms with Gasteiger partial charge in [0.05, 0.1) is 7.11 Å². The molecule has 6 heteroatoms. The van der Waals surface area contributed by atoms with Crippen molar-refractivity contribution in [2.24, 2.45) is 0 Å². The highest BCUT2D eigenvalue weighted by Gasteiger charge is 2.24. The monoisotopic (exact) mass is 350 g/mol. The number of nitrogens with zero attached hydrogens (tertiary/aromatic N) is 1. The summed E-state index contributed by atoms with van der Waals surface area (Å²) in [6.07, 6.45) is 3.66. The first-order valence-electron chi connectivity index (χ1n) is 7.15. The molecule has 0 unspecified atom stereocenters. The lowest BCUT2D eigenvalue weighted by atomic mass is 9.98. The number of halogens is 3. The molecule has 0 aromatic heterocycles. The van der Waals surface area contributed by atoms with Crippen LogP contribution in [0.15, 0.2) is 30.9 Å². The Labute approximate surface area is 144 Å². The number of hydrogen-bond acceptors (Lipinski definition) is 3. The van der Waals surface area contributed by atoms with Gasteiger partial charge in [0.25, 0.3) is 0 Å². The van der Waals surface area contributed by atoms with E-state index in [1.165, 1.54) is 6.07 Å². The van der Waals surface area contributed by atoms with Gasteiger partial charge in [0, 0.05) is 37.8 Å². The highest BCUT2D eigenvalue weighted by atomic mass is 35.5. The average molecular weight is 351 g/mol. The van der Waals surface area contributed by atoms with Gasteiger partial charge < -0.3 is 10.1 Å². The molecular formula is C16H25Cl2FN2O. The Kier molecular flexibility index (Phi) is 10.4. The third-order valence-electron chi connectivity index (χ3n) is 3.80. The molecular weight excluding hydrogens is 326 g/mol. The molecule has 1 heterocycles. The van der Waals surface area contributed by atoms with E-state index in [0.717, 1.165) is 44.6 Å². The number of rotatable bonds is 6. The van der Waals surface area contributed by atoms with E-state index in [0.29, 0.717) is 5.75 Å². The molecule has 3 nitrogen and oxygen atoms in total. The minimum Gasteiger partial charge on any atom is -0.497 e. The molecule has 0 radical (unpaired) electrons. The lowest BCUT2D eigenvalue weighted by Gasteiger charge is -2.35. The van der Waals surface area contributed by atoms with Crippen molar-refractivity contribution in [2.45, 2.75) is 18.9 Å². The molecule has 2 rings (SSSR count). The third kappa shape index (κ3) is 5.43. The van der Waals surface area contributed by atoms with Crippen LogP contribution in [0.3, 0.4) is 0 Å². The number of nitrogens with one attached hydrogen (secondary N) is 1. The van der Waals surface area contributed by atoms with Crippen LogP contribution in [0.25, 0.3) is 0 Å². The fraction of sp³-hybridized carbons (Fsp3) is 0.500. The Morgan fingerprint density at radius 1 is 1.36 bits per heavy atom. The van der Waals surface area contributed by atoms with Gasteiger partial charge in [-0.25, -0.2) is 4.39 Å².